The van der Waals surface area contributed by atoms with E-state index in [-0.39, 0.29) is 30.3 Å². The summed E-state index contributed by atoms with van der Waals surface area (Å²) in [6.07, 6.45) is 6.72. The normalized spacial score (nSPS) is 26.2. The van der Waals surface area contributed by atoms with Crippen molar-refractivity contribution >= 4 is 31.8 Å². The van der Waals surface area contributed by atoms with Crippen molar-refractivity contribution in [1.82, 2.24) is 38.4 Å². The number of aromatic amines is 1. The molecule has 10 rings (SSSR count). The zero-order valence-corrected chi connectivity index (χ0v) is 37.7. The standard InChI is InChI=1S/C47H58N9O7P/c1-52(2)31-49-45-50-42-39(43(58)51-45)48-32-56(42)44-40-41(57)46(63-44,29-61-40)30-62-47(34-11-5-4-6-12-34,35-13-17-37(59-3)18-14-35)36-15-19-38(20-16-36)60-28-33-21-26-55(27-33)64(53-22-7-8-23-53)54-24-9-10-25-54/h4-6,11-20,31-33,40-41,44,57H,7-10,21-30H2,1-3H3,(H,50,51,58)/b49-31+/t33?,40-,41+,44-,46?,47?/m1/s1. The van der Waals surface area contributed by atoms with Gasteiger partial charge in [0.2, 0.25) is 5.95 Å². The number of benzene rings is 3. The molecule has 2 aromatic heterocycles. The van der Waals surface area contributed by atoms with E-state index in [1.807, 2.05) is 68.7 Å². The molecule has 0 amide bonds. The topological polar surface area (TPSA) is 155 Å². The van der Waals surface area contributed by atoms with Crippen molar-refractivity contribution in [3.63, 3.8) is 0 Å². The van der Waals surface area contributed by atoms with Crippen molar-refractivity contribution in [3.8, 4) is 11.5 Å². The minimum atomic E-state index is -1.27. The first-order valence-electron chi connectivity index (χ1n) is 22.5. The molecule has 16 nitrogen and oxygen atoms in total. The van der Waals surface area contributed by atoms with Gasteiger partial charge in [0.15, 0.2) is 17.4 Å². The molecule has 3 aromatic carbocycles. The molecule has 5 fully saturated rings. The van der Waals surface area contributed by atoms with Gasteiger partial charge in [0.1, 0.15) is 43.3 Å². The van der Waals surface area contributed by atoms with Crippen LogP contribution in [0.2, 0.25) is 0 Å². The number of nitrogens with one attached hydrogen (secondary N) is 1. The van der Waals surface area contributed by atoms with Gasteiger partial charge in [0, 0.05) is 59.3 Å². The van der Waals surface area contributed by atoms with Crippen molar-refractivity contribution in [3.05, 3.63) is 112 Å². The third-order valence-corrected chi connectivity index (χ3v) is 15.9. The molecular formula is C47H58N9O7P. The number of aliphatic imine (C=N–C) groups is 1. The number of aromatic nitrogens is 4. The second-order valence-corrected chi connectivity index (χ2v) is 20.0. The van der Waals surface area contributed by atoms with Gasteiger partial charge >= 0.3 is 0 Å². The lowest BCUT2D eigenvalue weighted by Gasteiger charge is -2.40. The zero-order valence-electron chi connectivity index (χ0n) is 36.8. The first kappa shape index (κ1) is 43.1. The third kappa shape index (κ3) is 8.13. The lowest BCUT2D eigenvalue weighted by Crippen LogP contribution is -2.48. The number of nitrogens with zero attached hydrogens (tertiary/aromatic N) is 8. The number of methoxy groups -OCH3 is 1. The van der Waals surface area contributed by atoms with Gasteiger partial charge in [-0.2, -0.15) is 4.98 Å². The minimum absolute atomic E-state index is 0.0467. The number of aliphatic hydroxyl groups is 1. The summed E-state index contributed by atoms with van der Waals surface area (Å²) in [5.41, 5.74) is 0.132. The molecule has 7 heterocycles. The van der Waals surface area contributed by atoms with E-state index in [0.29, 0.717) is 18.3 Å². The van der Waals surface area contributed by atoms with Crippen LogP contribution in [0.3, 0.4) is 0 Å². The molecule has 3 unspecified atom stereocenters. The van der Waals surface area contributed by atoms with Crippen LogP contribution in [0.5, 0.6) is 11.5 Å². The summed E-state index contributed by atoms with van der Waals surface area (Å²) in [6.45, 7) is 7.78. The van der Waals surface area contributed by atoms with Crippen molar-refractivity contribution < 1.29 is 28.8 Å². The predicted molar refractivity (Wildman–Crippen MR) is 244 cm³/mol. The van der Waals surface area contributed by atoms with Crippen LogP contribution in [-0.4, -0.2) is 148 Å². The molecule has 5 aliphatic heterocycles. The molecule has 64 heavy (non-hydrogen) atoms. The second kappa shape index (κ2) is 18.2. The molecular weight excluding hydrogens is 834 g/mol. The van der Waals surface area contributed by atoms with Crippen LogP contribution in [0, 0.1) is 5.92 Å². The Labute approximate surface area is 374 Å². The van der Waals surface area contributed by atoms with Gasteiger partial charge in [-0.15, -0.1) is 0 Å². The summed E-state index contributed by atoms with van der Waals surface area (Å²) < 4.78 is 42.4. The number of fused-ring (bicyclic) bond motifs is 3. The van der Waals surface area contributed by atoms with Gasteiger partial charge in [-0.25, -0.2) is 9.98 Å². The van der Waals surface area contributed by atoms with Crippen molar-refractivity contribution in [2.24, 2.45) is 10.9 Å². The fourth-order valence-electron chi connectivity index (χ4n) is 9.96. The van der Waals surface area contributed by atoms with Crippen LogP contribution in [0.4, 0.5) is 5.95 Å². The van der Waals surface area contributed by atoms with E-state index >= 15 is 0 Å². The summed E-state index contributed by atoms with van der Waals surface area (Å²) in [6, 6.07) is 26.2. The van der Waals surface area contributed by atoms with Crippen LogP contribution < -0.4 is 15.0 Å². The van der Waals surface area contributed by atoms with E-state index in [0.717, 1.165) is 42.0 Å². The Hall–Kier alpha value is -4.77. The highest BCUT2D eigenvalue weighted by atomic mass is 31.2. The summed E-state index contributed by atoms with van der Waals surface area (Å²) >= 11 is 0. The van der Waals surface area contributed by atoms with Gasteiger partial charge in [0.25, 0.3) is 5.56 Å². The molecule has 0 radical (unpaired) electrons. The summed E-state index contributed by atoms with van der Waals surface area (Å²) in [5.74, 6) is 2.10. The average Bonchev–Trinajstić information content (AvgIpc) is 4.21. The summed E-state index contributed by atoms with van der Waals surface area (Å²) in [5, 5.41) is 12.0. The van der Waals surface area contributed by atoms with Crippen molar-refractivity contribution in [2.45, 2.75) is 61.7 Å². The van der Waals surface area contributed by atoms with Gasteiger partial charge in [0.05, 0.1) is 39.6 Å². The van der Waals surface area contributed by atoms with Crippen molar-refractivity contribution in [2.75, 3.05) is 80.3 Å². The molecule has 6 atom stereocenters. The SMILES string of the molecule is COc1ccc(C(OCC23CO[C@@H]([C@H](n4cnc5c(=O)[nH]c(/N=C/N(C)C)nc54)O2)[C@@H]3O)(c2ccccc2)c2ccc(OCC3CCN(P(N4CCCC4)N4CCCC4)C3)cc2)cc1. The Kier molecular flexibility index (Phi) is 12.3. The highest BCUT2D eigenvalue weighted by molar-refractivity contribution is 7.50. The van der Waals surface area contributed by atoms with Crippen LogP contribution in [0.1, 0.15) is 55.0 Å². The Morgan fingerprint density at radius 3 is 2.23 bits per heavy atom. The quantitative estimate of drug-likeness (QED) is 0.0555. The average molecular weight is 892 g/mol. The minimum Gasteiger partial charge on any atom is -0.497 e. The van der Waals surface area contributed by atoms with Gasteiger partial charge in [-0.1, -0.05) is 54.6 Å². The Bertz CT molecular complexity index is 2440. The number of rotatable bonds is 16. The molecule has 5 saturated heterocycles. The fourth-order valence-corrected chi connectivity index (χ4v) is 13.0. The number of hydrogen-bond donors (Lipinski definition) is 2. The fraction of sp³-hybridized carbons (Fsp3) is 0.489. The first-order chi connectivity index (χ1) is 31.2. The Morgan fingerprint density at radius 1 is 0.922 bits per heavy atom. The highest BCUT2D eigenvalue weighted by Gasteiger charge is 2.63. The molecule has 2 N–H and O–H groups in total. The number of hydrogen-bond acceptors (Lipinski definition) is 13. The van der Waals surface area contributed by atoms with E-state index < -0.39 is 43.6 Å². The summed E-state index contributed by atoms with van der Waals surface area (Å²) in [4.78, 5) is 30.7. The molecule has 0 saturated carbocycles. The maximum atomic E-state index is 13.0. The first-order valence-corrected chi connectivity index (χ1v) is 23.7. The van der Waals surface area contributed by atoms with Gasteiger partial charge in [-0.05, 0) is 73.1 Å². The van der Waals surface area contributed by atoms with Crippen LogP contribution >= 0.6 is 8.37 Å². The Balaban J connectivity index is 0.917. The lowest BCUT2D eigenvalue weighted by atomic mass is 9.79. The monoisotopic (exact) mass is 891 g/mol. The third-order valence-electron chi connectivity index (χ3n) is 13.3. The smallest absolute Gasteiger partial charge is 0.280 e. The molecule has 17 heteroatoms. The van der Waals surface area contributed by atoms with E-state index in [2.05, 4.69) is 58.2 Å². The predicted octanol–water partition coefficient (Wildman–Crippen LogP) is 5.50. The molecule has 5 aliphatic rings. The zero-order chi connectivity index (χ0) is 43.8. The van der Waals surface area contributed by atoms with E-state index in [9.17, 15) is 9.90 Å². The number of H-pyrrole nitrogens is 1. The largest absolute Gasteiger partial charge is 0.497 e. The molecule has 338 valence electrons. The maximum Gasteiger partial charge on any atom is 0.280 e. The number of ether oxygens (including phenoxy) is 5. The second-order valence-electron chi connectivity index (χ2n) is 17.8. The molecule has 0 spiro atoms. The van der Waals surface area contributed by atoms with Gasteiger partial charge in [-0.3, -0.25) is 28.4 Å². The van der Waals surface area contributed by atoms with Crippen LogP contribution in [0.15, 0.2) is 95.0 Å². The highest BCUT2D eigenvalue weighted by Crippen LogP contribution is 2.53. The van der Waals surface area contributed by atoms with Crippen LogP contribution in [0.25, 0.3) is 11.2 Å². The maximum absolute atomic E-state index is 13.0. The van der Waals surface area contributed by atoms with Crippen molar-refractivity contribution in [1.29, 1.82) is 0 Å². The number of aliphatic hydroxyl groups excluding tert-OH is 1. The number of imidazole rings is 1. The van der Waals surface area contributed by atoms with E-state index in [1.54, 1.807) is 22.9 Å². The van der Waals surface area contributed by atoms with E-state index in [4.69, 9.17) is 23.7 Å². The lowest BCUT2D eigenvalue weighted by molar-refractivity contribution is -0.202. The molecule has 5 aromatic rings. The van der Waals surface area contributed by atoms with Crippen LogP contribution in [-0.2, 0) is 19.8 Å². The molecule has 0 aliphatic carbocycles. The summed E-state index contributed by atoms with van der Waals surface area (Å²) in [7, 11) is 4.90. The van der Waals surface area contributed by atoms with E-state index in [1.165, 1.54) is 58.2 Å². The Morgan fingerprint density at radius 2 is 1.58 bits per heavy atom. The van der Waals surface area contributed by atoms with Gasteiger partial charge < -0.3 is 33.7 Å². The molecule has 2 bridgehead atoms.